The van der Waals surface area contributed by atoms with E-state index in [2.05, 4.69) is 84.5 Å². The Bertz CT molecular complexity index is 583. The zero-order valence-corrected chi connectivity index (χ0v) is 14.5. The zero-order chi connectivity index (χ0) is 14.5. The third-order valence-corrected chi connectivity index (χ3v) is 5.17. The zero-order valence-electron chi connectivity index (χ0n) is 12.1. The fraction of sp³-hybridized carbons (Fsp3) is 0.294. The molecule has 0 saturated carbocycles. The molecule has 0 aromatic heterocycles. The van der Waals surface area contributed by atoms with Gasteiger partial charge < -0.3 is 5.32 Å². The van der Waals surface area contributed by atoms with E-state index in [-0.39, 0.29) is 0 Å². The van der Waals surface area contributed by atoms with E-state index in [9.17, 15) is 0 Å². The Morgan fingerprint density at radius 3 is 2.65 bits per heavy atom. The predicted molar refractivity (Wildman–Crippen MR) is 91.5 cm³/mol. The van der Waals surface area contributed by atoms with Gasteiger partial charge in [0.05, 0.1) is 0 Å². The molecule has 2 aromatic carbocycles. The van der Waals surface area contributed by atoms with Crippen molar-refractivity contribution in [3.8, 4) is 0 Å². The Balaban J connectivity index is 2.17. The van der Waals surface area contributed by atoms with Crippen molar-refractivity contribution >= 4 is 27.7 Å². The molecule has 1 unspecified atom stereocenters. The first kappa shape index (κ1) is 15.6. The molecular formula is C17H20BrNS. The van der Waals surface area contributed by atoms with Gasteiger partial charge in [0.25, 0.3) is 0 Å². The van der Waals surface area contributed by atoms with Crippen molar-refractivity contribution < 1.29 is 0 Å². The normalized spacial score (nSPS) is 12.4. The molecule has 2 aromatic rings. The molecule has 0 amide bonds. The maximum absolute atomic E-state index is 3.69. The Labute approximate surface area is 134 Å². The van der Waals surface area contributed by atoms with Crippen LogP contribution in [0.15, 0.2) is 56.7 Å². The summed E-state index contributed by atoms with van der Waals surface area (Å²) in [5.41, 5.74) is 2.61. The highest BCUT2D eigenvalue weighted by Crippen LogP contribution is 2.35. The van der Waals surface area contributed by atoms with E-state index in [1.54, 1.807) is 11.8 Å². The minimum atomic E-state index is 0.384. The van der Waals surface area contributed by atoms with Crippen molar-refractivity contribution in [1.29, 1.82) is 0 Å². The topological polar surface area (TPSA) is 12.0 Å². The molecule has 0 aliphatic rings. The summed E-state index contributed by atoms with van der Waals surface area (Å²) in [4.78, 5) is 2.53. The molecule has 0 bridgehead atoms. The van der Waals surface area contributed by atoms with Crippen LogP contribution >= 0.6 is 27.7 Å². The summed E-state index contributed by atoms with van der Waals surface area (Å²) in [5, 5.41) is 3.44. The van der Waals surface area contributed by atoms with Crippen molar-refractivity contribution in [2.75, 3.05) is 6.54 Å². The van der Waals surface area contributed by atoms with Gasteiger partial charge in [-0.05, 0) is 66.2 Å². The van der Waals surface area contributed by atoms with Crippen LogP contribution in [0.2, 0.25) is 0 Å². The van der Waals surface area contributed by atoms with Crippen LogP contribution in [0.4, 0.5) is 0 Å². The Kier molecular flexibility index (Phi) is 5.70. The average molecular weight is 350 g/mol. The monoisotopic (exact) mass is 349 g/mol. The van der Waals surface area contributed by atoms with Crippen LogP contribution in [0.3, 0.4) is 0 Å². The first-order chi connectivity index (χ1) is 9.60. The van der Waals surface area contributed by atoms with E-state index in [1.165, 1.54) is 20.9 Å². The quantitative estimate of drug-likeness (QED) is 0.756. The smallest absolute Gasteiger partial charge is 0.0318 e. The molecule has 1 nitrogen and oxygen atoms in total. The summed E-state index contributed by atoms with van der Waals surface area (Å²) in [5.74, 6) is 0. The third-order valence-electron chi connectivity index (χ3n) is 3.18. The molecule has 3 heteroatoms. The fourth-order valence-electron chi connectivity index (χ4n) is 2.10. The van der Waals surface area contributed by atoms with Crippen molar-refractivity contribution in [3.05, 3.63) is 58.1 Å². The number of hydrogen-bond acceptors (Lipinski definition) is 2. The maximum atomic E-state index is 3.69. The SMILES string of the molecule is CCNC(C)c1ccc(Sc2cccc(C)c2)c(Br)c1. The van der Waals surface area contributed by atoms with Gasteiger partial charge in [-0.1, -0.05) is 42.4 Å². The van der Waals surface area contributed by atoms with E-state index in [0.29, 0.717) is 6.04 Å². The molecule has 2 rings (SSSR count). The van der Waals surface area contributed by atoms with Gasteiger partial charge >= 0.3 is 0 Å². The van der Waals surface area contributed by atoms with Gasteiger partial charge in [0, 0.05) is 20.3 Å². The average Bonchev–Trinajstić information content (AvgIpc) is 2.41. The van der Waals surface area contributed by atoms with Crippen LogP contribution in [0, 0.1) is 6.92 Å². The van der Waals surface area contributed by atoms with Gasteiger partial charge in [0.2, 0.25) is 0 Å². The number of aryl methyl sites for hydroxylation is 1. The lowest BCUT2D eigenvalue weighted by Crippen LogP contribution is -2.17. The van der Waals surface area contributed by atoms with Crippen LogP contribution in [0.5, 0.6) is 0 Å². The first-order valence-corrected chi connectivity index (χ1v) is 8.48. The highest BCUT2D eigenvalue weighted by atomic mass is 79.9. The highest BCUT2D eigenvalue weighted by molar-refractivity contribution is 9.10. The van der Waals surface area contributed by atoms with Gasteiger partial charge in [0.1, 0.15) is 0 Å². The predicted octanol–water partition coefficient (Wildman–Crippen LogP) is 5.58. The van der Waals surface area contributed by atoms with E-state index in [0.717, 1.165) is 11.0 Å². The summed E-state index contributed by atoms with van der Waals surface area (Å²) in [6.45, 7) is 7.44. The van der Waals surface area contributed by atoms with Gasteiger partial charge in [0.15, 0.2) is 0 Å². The molecular weight excluding hydrogens is 330 g/mol. The van der Waals surface area contributed by atoms with Crippen LogP contribution in [0.1, 0.15) is 31.0 Å². The van der Waals surface area contributed by atoms with Gasteiger partial charge in [-0.3, -0.25) is 0 Å². The molecule has 1 atom stereocenters. The number of nitrogens with one attached hydrogen (secondary N) is 1. The van der Waals surface area contributed by atoms with E-state index in [4.69, 9.17) is 0 Å². The highest BCUT2D eigenvalue weighted by Gasteiger charge is 2.08. The molecule has 0 saturated heterocycles. The van der Waals surface area contributed by atoms with Crippen LogP contribution < -0.4 is 5.32 Å². The van der Waals surface area contributed by atoms with Crippen molar-refractivity contribution in [2.45, 2.75) is 36.6 Å². The largest absolute Gasteiger partial charge is 0.310 e. The summed E-state index contributed by atoms with van der Waals surface area (Å²) in [6, 6.07) is 15.6. The lowest BCUT2D eigenvalue weighted by molar-refractivity contribution is 0.597. The van der Waals surface area contributed by atoms with Gasteiger partial charge in [-0.2, -0.15) is 0 Å². The van der Waals surface area contributed by atoms with E-state index in [1.807, 2.05) is 0 Å². The molecule has 1 N–H and O–H groups in total. The van der Waals surface area contributed by atoms with E-state index >= 15 is 0 Å². The molecule has 106 valence electrons. The van der Waals surface area contributed by atoms with Gasteiger partial charge in [-0.15, -0.1) is 0 Å². The molecule has 20 heavy (non-hydrogen) atoms. The Morgan fingerprint density at radius 1 is 1.20 bits per heavy atom. The Hall–Kier alpha value is -0.770. The second kappa shape index (κ2) is 7.30. The lowest BCUT2D eigenvalue weighted by atomic mass is 10.1. The van der Waals surface area contributed by atoms with Crippen molar-refractivity contribution in [2.24, 2.45) is 0 Å². The number of rotatable bonds is 5. The molecule has 0 radical (unpaired) electrons. The number of benzene rings is 2. The molecule has 0 heterocycles. The molecule has 0 fully saturated rings. The van der Waals surface area contributed by atoms with Crippen LogP contribution in [-0.4, -0.2) is 6.54 Å². The fourth-order valence-corrected chi connectivity index (χ4v) is 3.68. The van der Waals surface area contributed by atoms with Crippen molar-refractivity contribution in [1.82, 2.24) is 5.32 Å². The minimum Gasteiger partial charge on any atom is -0.310 e. The van der Waals surface area contributed by atoms with Crippen molar-refractivity contribution in [3.63, 3.8) is 0 Å². The number of halogens is 1. The maximum Gasteiger partial charge on any atom is 0.0318 e. The summed E-state index contributed by atoms with van der Waals surface area (Å²) >= 11 is 5.49. The van der Waals surface area contributed by atoms with E-state index < -0.39 is 0 Å². The second-order valence-corrected chi connectivity index (χ2v) is 6.86. The standard InChI is InChI=1S/C17H20BrNS/c1-4-19-13(3)14-8-9-17(16(18)11-14)20-15-7-5-6-12(2)10-15/h5-11,13,19H,4H2,1-3H3. The molecule has 0 aliphatic heterocycles. The summed E-state index contributed by atoms with van der Waals surface area (Å²) in [6.07, 6.45) is 0. The van der Waals surface area contributed by atoms with Crippen LogP contribution in [0.25, 0.3) is 0 Å². The van der Waals surface area contributed by atoms with Gasteiger partial charge in [-0.25, -0.2) is 0 Å². The second-order valence-electron chi connectivity index (χ2n) is 4.89. The summed E-state index contributed by atoms with van der Waals surface area (Å²) in [7, 11) is 0. The lowest BCUT2D eigenvalue weighted by Gasteiger charge is -2.14. The third kappa shape index (κ3) is 4.11. The van der Waals surface area contributed by atoms with Crippen LogP contribution in [-0.2, 0) is 0 Å². The molecule has 0 aliphatic carbocycles. The molecule has 0 spiro atoms. The summed E-state index contributed by atoms with van der Waals surface area (Å²) < 4.78 is 1.16. The minimum absolute atomic E-state index is 0.384. The Morgan fingerprint density at radius 2 is 2.00 bits per heavy atom. The first-order valence-electron chi connectivity index (χ1n) is 6.87. The number of hydrogen-bond donors (Lipinski definition) is 1.